The first-order valence-electron chi connectivity index (χ1n) is 5.66. The smallest absolute Gasteiger partial charge is 0.382 e. The molecule has 0 aliphatic rings. The topological polar surface area (TPSA) is 33.1 Å². The Balaban J connectivity index is 2.48. The third kappa shape index (κ3) is 2.93. The summed E-state index contributed by atoms with van der Waals surface area (Å²) in [7, 11) is 0. The average Bonchev–Trinajstić information content (AvgIpc) is 2.37. The second kappa shape index (κ2) is 5.01. The number of halogens is 3. The Bertz CT molecular complexity index is 581. The van der Waals surface area contributed by atoms with Gasteiger partial charge < -0.3 is 5.11 Å². The first kappa shape index (κ1) is 13.5. The lowest BCUT2D eigenvalue weighted by molar-refractivity contribution is -0.139. The van der Waals surface area contributed by atoms with Crippen molar-refractivity contribution in [3.05, 3.63) is 65.0 Å². The molecule has 0 bridgehead atoms. The monoisotopic (exact) mass is 267 g/mol. The van der Waals surface area contributed by atoms with Crippen molar-refractivity contribution in [1.29, 1.82) is 0 Å². The van der Waals surface area contributed by atoms with Gasteiger partial charge in [-0.1, -0.05) is 29.8 Å². The fraction of sp³-hybridized carbons (Fsp3) is 0.214. The molecule has 0 radical (unpaired) electrons. The van der Waals surface area contributed by atoms with Gasteiger partial charge in [0.1, 0.15) is 6.10 Å². The van der Waals surface area contributed by atoms with Crippen molar-refractivity contribution in [2.24, 2.45) is 0 Å². The third-order valence-corrected chi connectivity index (χ3v) is 2.76. The molecular weight excluding hydrogens is 255 g/mol. The number of rotatable bonds is 2. The van der Waals surface area contributed by atoms with Crippen molar-refractivity contribution in [2.45, 2.75) is 19.2 Å². The van der Waals surface area contributed by atoms with E-state index in [1.807, 2.05) is 0 Å². The number of aromatic nitrogens is 1. The molecule has 0 amide bonds. The Morgan fingerprint density at radius 2 is 1.89 bits per heavy atom. The maximum Gasteiger partial charge on any atom is 0.418 e. The van der Waals surface area contributed by atoms with Gasteiger partial charge in [0.05, 0.1) is 11.3 Å². The number of alkyl halides is 3. The van der Waals surface area contributed by atoms with Crippen LogP contribution in [-0.4, -0.2) is 10.1 Å². The number of aliphatic hydroxyl groups is 1. The Morgan fingerprint density at radius 3 is 2.53 bits per heavy atom. The molecular formula is C14H12F3NO. The summed E-state index contributed by atoms with van der Waals surface area (Å²) in [6, 6.07) is 8.83. The summed E-state index contributed by atoms with van der Waals surface area (Å²) in [6.45, 7) is 1.80. The number of benzene rings is 1. The quantitative estimate of drug-likeness (QED) is 0.903. The predicted octanol–water partition coefficient (Wildman–Crippen LogP) is 3.49. The first-order chi connectivity index (χ1) is 8.89. The van der Waals surface area contributed by atoms with Gasteiger partial charge >= 0.3 is 6.18 Å². The van der Waals surface area contributed by atoms with Crippen LogP contribution < -0.4 is 0 Å². The molecule has 1 unspecified atom stereocenters. The van der Waals surface area contributed by atoms with Crippen molar-refractivity contribution in [3.8, 4) is 0 Å². The SMILES string of the molecule is Cc1cccc(C(O)c2ncccc2C(F)(F)F)c1. The maximum absolute atomic E-state index is 12.9. The van der Waals surface area contributed by atoms with Crippen LogP contribution in [0.1, 0.15) is 28.5 Å². The van der Waals surface area contributed by atoms with Crippen LogP contribution in [0.5, 0.6) is 0 Å². The van der Waals surface area contributed by atoms with Gasteiger partial charge in [0.2, 0.25) is 0 Å². The van der Waals surface area contributed by atoms with Crippen molar-refractivity contribution < 1.29 is 18.3 Å². The van der Waals surface area contributed by atoms with E-state index in [0.717, 1.165) is 11.6 Å². The predicted molar refractivity (Wildman–Crippen MR) is 64.5 cm³/mol. The fourth-order valence-corrected chi connectivity index (χ4v) is 1.87. The van der Waals surface area contributed by atoms with E-state index in [2.05, 4.69) is 4.98 Å². The molecule has 5 heteroatoms. The summed E-state index contributed by atoms with van der Waals surface area (Å²) in [5.74, 6) is 0. The summed E-state index contributed by atoms with van der Waals surface area (Å²) < 4.78 is 38.6. The van der Waals surface area contributed by atoms with Gasteiger partial charge in [0, 0.05) is 6.20 Å². The van der Waals surface area contributed by atoms with Crippen molar-refractivity contribution >= 4 is 0 Å². The van der Waals surface area contributed by atoms with Crippen LogP contribution >= 0.6 is 0 Å². The Kier molecular flexibility index (Phi) is 3.57. The Labute approximate surface area is 108 Å². The van der Waals surface area contributed by atoms with Gasteiger partial charge in [-0.05, 0) is 24.6 Å². The van der Waals surface area contributed by atoms with Gasteiger partial charge in [-0.3, -0.25) is 4.98 Å². The lowest BCUT2D eigenvalue weighted by Gasteiger charge is -2.16. The van der Waals surface area contributed by atoms with E-state index in [1.54, 1.807) is 31.2 Å². The summed E-state index contributed by atoms with van der Waals surface area (Å²) in [4.78, 5) is 3.68. The largest absolute Gasteiger partial charge is 0.418 e. The molecule has 0 saturated carbocycles. The van der Waals surface area contributed by atoms with Crippen LogP contribution in [0.3, 0.4) is 0 Å². The molecule has 2 aromatic rings. The van der Waals surface area contributed by atoms with Crippen LogP contribution in [0, 0.1) is 6.92 Å². The van der Waals surface area contributed by atoms with Gasteiger partial charge in [0.25, 0.3) is 0 Å². The van der Waals surface area contributed by atoms with Gasteiger partial charge in [-0.25, -0.2) is 0 Å². The number of nitrogens with zero attached hydrogens (tertiary/aromatic N) is 1. The first-order valence-corrected chi connectivity index (χ1v) is 5.66. The van der Waals surface area contributed by atoms with E-state index in [9.17, 15) is 18.3 Å². The number of aliphatic hydroxyl groups excluding tert-OH is 1. The van der Waals surface area contributed by atoms with Crippen LogP contribution in [0.15, 0.2) is 42.6 Å². The van der Waals surface area contributed by atoms with E-state index in [-0.39, 0.29) is 5.69 Å². The summed E-state index contributed by atoms with van der Waals surface area (Å²) in [5, 5.41) is 10.1. The molecule has 0 fully saturated rings. The average molecular weight is 267 g/mol. The van der Waals surface area contributed by atoms with Crippen molar-refractivity contribution in [2.75, 3.05) is 0 Å². The number of aryl methyl sites for hydroxylation is 1. The molecule has 100 valence electrons. The molecule has 1 heterocycles. The highest BCUT2D eigenvalue weighted by Gasteiger charge is 2.35. The highest BCUT2D eigenvalue weighted by Crippen LogP contribution is 2.35. The number of hydrogen-bond acceptors (Lipinski definition) is 2. The lowest BCUT2D eigenvalue weighted by Crippen LogP contribution is -2.14. The fourth-order valence-electron chi connectivity index (χ4n) is 1.87. The van der Waals surface area contributed by atoms with E-state index in [4.69, 9.17) is 0 Å². The third-order valence-electron chi connectivity index (χ3n) is 2.76. The van der Waals surface area contributed by atoms with Crippen molar-refractivity contribution in [1.82, 2.24) is 4.98 Å². The van der Waals surface area contributed by atoms with Gasteiger partial charge in [-0.2, -0.15) is 13.2 Å². The second-order valence-electron chi connectivity index (χ2n) is 4.25. The van der Waals surface area contributed by atoms with E-state index in [0.29, 0.717) is 5.56 Å². The van der Waals surface area contributed by atoms with Gasteiger partial charge in [-0.15, -0.1) is 0 Å². The van der Waals surface area contributed by atoms with Crippen LogP contribution in [-0.2, 0) is 6.18 Å². The van der Waals surface area contributed by atoms with E-state index < -0.39 is 17.8 Å². The van der Waals surface area contributed by atoms with Crippen LogP contribution in [0.25, 0.3) is 0 Å². The molecule has 0 spiro atoms. The molecule has 1 aromatic carbocycles. The van der Waals surface area contributed by atoms with Crippen LogP contribution in [0.2, 0.25) is 0 Å². The number of pyridine rings is 1. The normalized spacial score (nSPS) is 13.3. The van der Waals surface area contributed by atoms with E-state index in [1.165, 1.54) is 12.3 Å². The van der Waals surface area contributed by atoms with Crippen LogP contribution in [0.4, 0.5) is 13.2 Å². The summed E-state index contributed by atoms with van der Waals surface area (Å²) >= 11 is 0. The molecule has 0 aliphatic heterocycles. The minimum Gasteiger partial charge on any atom is -0.382 e. The minimum absolute atomic E-state index is 0.374. The Hall–Kier alpha value is -1.88. The Morgan fingerprint density at radius 1 is 1.16 bits per heavy atom. The van der Waals surface area contributed by atoms with E-state index >= 15 is 0 Å². The second-order valence-corrected chi connectivity index (χ2v) is 4.25. The lowest BCUT2D eigenvalue weighted by atomic mass is 10.0. The summed E-state index contributed by atoms with van der Waals surface area (Å²) in [5.41, 5.74) is -0.0326. The standard InChI is InChI=1S/C14H12F3NO/c1-9-4-2-5-10(8-9)13(19)12-11(14(15,16)17)6-3-7-18-12/h2-8,13,19H,1H3. The molecule has 2 nitrogen and oxygen atoms in total. The molecule has 1 aromatic heterocycles. The highest BCUT2D eigenvalue weighted by molar-refractivity contribution is 5.34. The molecule has 19 heavy (non-hydrogen) atoms. The van der Waals surface area contributed by atoms with Crippen molar-refractivity contribution in [3.63, 3.8) is 0 Å². The molecule has 1 N–H and O–H groups in total. The van der Waals surface area contributed by atoms with Gasteiger partial charge in [0.15, 0.2) is 0 Å². The number of hydrogen-bond donors (Lipinski definition) is 1. The zero-order valence-corrected chi connectivity index (χ0v) is 10.1. The minimum atomic E-state index is -4.53. The molecule has 0 aliphatic carbocycles. The molecule has 2 rings (SSSR count). The summed E-state index contributed by atoms with van der Waals surface area (Å²) in [6.07, 6.45) is -4.68. The molecule has 0 saturated heterocycles. The maximum atomic E-state index is 12.9. The molecule has 1 atom stereocenters. The zero-order valence-electron chi connectivity index (χ0n) is 10.1. The zero-order chi connectivity index (χ0) is 14.0. The highest BCUT2D eigenvalue weighted by atomic mass is 19.4.